The van der Waals surface area contributed by atoms with Gasteiger partial charge in [0, 0.05) is 23.5 Å². The van der Waals surface area contributed by atoms with Crippen molar-refractivity contribution in [3.05, 3.63) is 63.1 Å². The molecule has 0 atom stereocenters. The number of hydrogen-bond acceptors (Lipinski definition) is 4. The van der Waals surface area contributed by atoms with Crippen LogP contribution in [0.25, 0.3) is 11.4 Å². The number of pyridine rings is 1. The first-order valence-corrected chi connectivity index (χ1v) is 7.39. The smallest absolute Gasteiger partial charge is 0.216 e. The van der Waals surface area contributed by atoms with Gasteiger partial charge in [-0.1, -0.05) is 29.3 Å². The van der Waals surface area contributed by atoms with E-state index in [9.17, 15) is 0 Å². The van der Waals surface area contributed by atoms with Crippen LogP contribution < -0.4 is 0 Å². The molecule has 0 saturated heterocycles. The topological polar surface area (TPSA) is 58.9 Å². The van der Waals surface area contributed by atoms with Crippen LogP contribution in [0.2, 0.25) is 10.0 Å². The molecule has 0 bridgehead atoms. The van der Waals surface area contributed by atoms with Crippen molar-refractivity contribution in [1.82, 2.24) is 19.9 Å². The summed E-state index contributed by atoms with van der Waals surface area (Å²) in [5.74, 6) is 0.576. The number of halogens is 2. The van der Waals surface area contributed by atoms with Crippen molar-refractivity contribution in [3.63, 3.8) is 0 Å². The maximum atomic E-state index is 6.12. The fourth-order valence-electron chi connectivity index (χ4n) is 1.84. The van der Waals surface area contributed by atoms with Crippen molar-refractivity contribution in [2.24, 2.45) is 5.10 Å². The predicted octanol–water partition coefficient (Wildman–Crippen LogP) is 4.19. The van der Waals surface area contributed by atoms with Crippen LogP contribution >= 0.6 is 35.4 Å². The minimum absolute atomic E-state index is 0.367. The summed E-state index contributed by atoms with van der Waals surface area (Å²) in [7, 11) is 0. The summed E-state index contributed by atoms with van der Waals surface area (Å²) in [6.07, 6.45) is 4.90. The monoisotopic (exact) mass is 349 g/mol. The van der Waals surface area contributed by atoms with Gasteiger partial charge in [0.15, 0.2) is 5.82 Å². The first kappa shape index (κ1) is 14.9. The Bertz CT molecular complexity index is 865. The summed E-state index contributed by atoms with van der Waals surface area (Å²) in [6.45, 7) is 0. The summed E-state index contributed by atoms with van der Waals surface area (Å²) >= 11 is 17.5. The fraction of sp³-hybridized carbons (Fsp3) is 0. The Morgan fingerprint density at radius 2 is 1.82 bits per heavy atom. The molecule has 3 rings (SSSR count). The number of hydrogen-bond donors (Lipinski definition) is 1. The van der Waals surface area contributed by atoms with Crippen LogP contribution in [0.4, 0.5) is 0 Å². The van der Waals surface area contributed by atoms with Crippen LogP contribution in [0.15, 0.2) is 47.8 Å². The molecule has 0 aliphatic carbocycles. The van der Waals surface area contributed by atoms with E-state index < -0.39 is 0 Å². The molecule has 0 aliphatic rings. The molecule has 2 heterocycles. The second kappa shape index (κ2) is 6.39. The van der Waals surface area contributed by atoms with Crippen molar-refractivity contribution in [3.8, 4) is 11.4 Å². The zero-order chi connectivity index (χ0) is 15.5. The Morgan fingerprint density at radius 1 is 1.14 bits per heavy atom. The van der Waals surface area contributed by atoms with E-state index in [2.05, 4.69) is 20.3 Å². The maximum absolute atomic E-state index is 6.12. The lowest BCUT2D eigenvalue weighted by Crippen LogP contribution is -1.96. The minimum atomic E-state index is 0.367. The number of H-pyrrole nitrogens is 1. The number of nitrogens with one attached hydrogen (secondary N) is 1. The van der Waals surface area contributed by atoms with Crippen molar-refractivity contribution in [1.29, 1.82) is 0 Å². The standard InChI is InChI=1S/C14H9Cl2N5S/c15-11-2-1-3-12(16)10(11)8-18-21-13(19-20-14(21)22)9-4-6-17-7-5-9/h1-8H,(H,20,22)/b18-8+. The van der Waals surface area contributed by atoms with Gasteiger partial charge in [-0.25, -0.2) is 5.10 Å². The van der Waals surface area contributed by atoms with Crippen molar-refractivity contribution in [2.75, 3.05) is 0 Å². The van der Waals surface area contributed by atoms with Gasteiger partial charge >= 0.3 is 0 Å². The van der Waals surface area contributed by atoms with Gasteiger partial charge in [-0.05, 0) is 36.5 Å². The van der Waals surface area contributed by atoms with Crippen LogP contribution in [0.3, 0.4) is 0 Å². The molecule has 0 aliphatic heterocycles. The quantitative estimate of drug-likeness (QED) is 0.569. The molecule has 5 nitrogen and oxygen atoms in total. The molecular formula is C14H9Cl2N5S. The van der Waals surface area contributed by atoms with Crippen LogP contribution in [0, 0.1) is 4.77 Å². The highest BCUT2D eigenvalue weighted by Crippen LogP contribution is 2.23. The molecule has 22 heavy (non-hydrogen) atoms. The van der Waals surface area contributed by atoms with E-state index in [4.69, 9.17) is 35.4 Å². The van der Waals surface area contributed by atoms with Crippen molar-refractivity contribution < 1.29 is 0 Å². The molecule has 1 N–H and O–H groups in total. The van der Waals surface area contributed by atoms with Gasteiger partial charge in [-0.15, -0.1) is 0 Å². The Morgan fingerprint density at radius 3 is 2.50 bits per heavy atom. The second-order valence-electron chi connectivity index (χ2n) is 4.28. The molecule has 110 valence electrons. The molecule has 0 fully saturated rings. The lowest BCUT2D eigenvalue weighted by Gasteiger charge is -2.02. The molecule has 3 aromatic rings. The van der Waals surface area contributed by atoms with E-state index in [0.717, 1.165) is 5.56 Å². The largest absolute Gasteiger partial charge is 0.265 e. The average Bonchev–Trinajstić information content (AvgIpc) is 2.89. The van der Waals surface area contributed by atoms with Gasteiger partial charge in [0.25, 0.3) is 0 Å². The predicted molar refractivity (Wildman–Crippen MR) is 90.1 cm³/mol. The molecule has 0 spiro atoms. The third-order valence-electron chi connectivity index (χ3n) is 2.89. The van der Waals surface area contributed by atoms with Crippen molar-refractivity contribution >= 4 is 41.6 Å². The van der Waals surface area contributed by atoms with E-state index >= 15 is 0 Å². The third-order valence-corrected chi connectivity index (χ3v) is 3.81. The van der Waals surface area contributed by atoms with E-state index in [-0.39, 0.29) is 0 Å². The second-order valence-corrected chi connectivity index (χ2v) is 5.48. The maximum Gasteiger partial charge on any atom is 0.216 e. The third kappa shape index (κ3) is 2.94. The molecule has 0 radical (unpaired) electrons. The zero-order valence-electron chi connectivity index (χ0n) is 11.1. The van der Waals surface area contributed by atoms with Gasteiger partial charge in [-0.2, -0.15) is 14.9 Å². The summed E-state index contributed by atoms with van der Waals surface area (Å²) in [5, 5.41) is 12.3. The lowest BCUT2D eigenvalue weighted by atomic mass is 10.2. The Hall–Kier alpha value is -2.02. The average molecular weight is 350 g/mol. The number of rotatable bonds is 3. The highest BCUT2D eigenvalue weighted by Gasteiger charge is 2.08. The first-order chi connectivity index (χ1) is 10.7. The highest BCUT2D eigenvalue weighted by molar-refractivity contribution is 7.71. The molecule has 1 aromatic carbocycles. The van der Waals surface area contributed by atoms with E-state index in [1.165, 1.54) is 4.68 Å². The molecule has 8 heteroatoms. The molecule has 0 amide bonds. The molecule has 0 saturated carbocycles. The molecule has 0 unspecified atom stereocenters. The van der Waals surface area contributed by atoms with Gasteiger partial charge in [0.2, 0.25) is 4.77 Å². The fourth-order valence-corrected chi connectivity index (χ4v) is 2.51. The van der Waals surface area contributed by atoms with E-state index in [1.54, 1.807) is 36.8 Å². The zero-order valence-corrected chi connectivity index (χ0v) is 13.4. The summed E-state index contributed by atoms with van der Waals surface area (Å²) in [4.78, 5) is 3.98. The minimum Gasteiger partial charge on any atom is -0.265 e. The van der Waals surface area contributed by atoms with Crippen LogP contribution in [-0.2, 0) is 0 Å². The first-order valence-electron chi connectivity index (χ1n) is 6.23. The lowest BCUT2D eigenvalue weighted by molar-refractivity contribution is 0.871. The number of aromatic amines is 1. The number of benzene rings is 1. The normalized spacial score (nSPS) is 11.2. The SMILES string of the molecule is S=c1[nH]nc(-c2ccncc2)n1/N=C/c1c(Cl)cccc1Cl. The van der Waals surface area contributed by atoms with Crippen LogP contribution in [0.1, 0.15) is 5.56 Å². The van der Waals surface area contributed by atoms with Gasteiger partial charge < -0.3 is 0 Å². The van der Waals surface area contributed by atoms with Gasteiger partial charge in [-0.3, -0.25) is 4.98 Å². The van der Waals surface area contributed by atoms with Crippen LogP contribution in [0.5, 0.6) is 0 Å². The van der Waals surface area contributed by atoms with E-state index in [0.29, 0.717) is 26.2 Å². The number of aromatic nitrogens is 4. The van der Waals surface area contributed by atoms with Gasteiger partial charge in [0.05, 0.1) is 16.3 Å². The summed E-state index contributed by atoms with van der Waals surface area (Å²) in [5.41, 5.74) is 1.46. The Kier molecular flexibility index (Phi) is 4.33. The molecular weight excluding hydrogens is 341 g/mol. The van der Waals surface area contributed by atoms with Crippen LogP contribution in [-0.4, -0.2) is 26.1 Å². The Labute approximate surface area is 141 Å². The number of nitrogens with zero attached hydrogens (tertiary/aromatic N) is 4. The van der Waals surface area contributed by atoms with Crippen molar-refractivity contribution in [2.45, 2.75) is 0 Å². The van der Waals surface area contributed by atoms with Gasteiger partial charge in [0.1, 0.15) is 0 Å². The Balaban J connectivity index is 2.05. The summed E-state index contributed by atoms with van der Waals surface area (Å²) in [6, 6.07) is 8.90. The summed E-state index contributed by atoms with van der Waals surface area (Å²) < 4.78 is 1.87. The molecule has 2 aromatic heterocycles. The van der Waals surface area contributed by atoms with E-state index in [1.807, 2.05) is 12.1 Å². The highest BCUT2D eigenvalue weighted by atomic mass is 35.5.